The average Bonchev–Trinajstić information content (AvgIpc) is 3.59. The maximum atomic E-state index is 12.1. The first-order valence-electron chi connectivity index (χ1n) is 21.9. The molecule has 3 heterocycles. The van der Waals surface area contributed by atoms with Crippen molar-refractivity contribution in [3.63, 3.8) is 0 Å². The van der Waals surface area contributed by atoms with Crippen LogP contribution in [-0.2, 0) is 51.8 Å². The van der Waals surface area contributed by atoms with Crippen molar-refractivity contribution in [2.45, 2.75) is 94.8 Å². The van der Waals surface area contributed by atoms with E-state index in [1.807, 2.05) is 61.2 Å². The fourth-order valence-electron chi connectivity index (χ4n) is 10.1. The van der Waals surface area contributed by atoms with Crippen LogP contribution in [0.25, 0.3) is 5.57 Å². The topological polar surface area (TPSA) is 238 Å². The van der Waals surface area contributed by atoms with E-state index in [-0.39, 0.29) is 118 Å². The first kappa shape index (κ1) is 60.5. The summed E-state index contributed by atoms with van der Waals surface area (Å²) in [5.74, 6) is 0.945. The molecule has 3 aromatic carbocycles. The van der Waals surface area contributed by atoms with E-state index in [0.717, 1.165) is 82.1 Å². The maximum absolute atomic E-state index is 12.1. The van der Waals surface area contributed by atoms with Crippen molar-refractivity contribution in [1.29, 1.82) is 0 Å². The third-order valence-electron chi connectivity index (χ3n) is 13.3. The Kier molecular flexibility index (Phi) is 20.8. The van der Waals surface area contributed by atoms with Crippen LogP contribution in [0.5, 0.6) is 5.75 Å². The number of allylic oxidation sites excluding steroid dienone is 9. The number of rotatable bonds is 14. The Morgan fingerprint density at radius 1 is 0.800 bits per heavy atom. The van der Waals surface area contributed by atoms with Gasteiger partial charge in [0.25, 0.3) is 0 Å². The molecule has 0 amide bonds. The van der Waals surface area contributed by atoms with Crippen molar-refractivity contribution in [2.24, 2.45) is 5.92 Å². The summed E-state index contributed by atoms with van der Waals surface area (Å²) in [4.78, 5) is 1.69. The van der Waals surface area contributed by atoms with Gasteiger partial charge in [-0.05, 0) is 103 Å². The molecule has 0 saturated heterocycles. The zero-order valence-corrected chi connectivity index (χ0v) is 49.7. The number of para-hydroxylation sites is 1. The van der Waals surface area contributed by atoms with E-state index in [1.54, 1.807) is 6.07 Å². The van der Waals surface area contributed by atoms with Gasteiger partial charge in [-0.25, -0.2) is 29.8 Å². The van der Waals surface area contributed by atoms with Crippen LogP contribution in [0.15, 0.2) is 118 Å². The quantitative estimate of drug-likeness (QED) is 0.0553. The van der Waals surface area contributed by atoms with Crippen LogP contribution in [0.2, 0.25) is 0 Å². The fraction of sp³-hybridized carbons (Fsp3) is 0.396. The van der Waals surface area contributed by atoms with Gasteiger partial charge in [-0.1, -0.05) is 63.6 Å². The van der Waals surface area contributed by atoms with Gasteiger partial charge in [0, 0.05) is 63.9 Å². The van der Waals surface area contributed by atoms with Gasteiger partial charge in [-0.3, -0.25) is 0 Å². The van der Waals surface area contributed by atoms with Crippen molar-refractivity contribution in [3.05, 3.63) is 136 Å². The van der Waals surface area contributed by atoms with E-state index < -0.39 is 57.9 Å². The zero-order valence-electron chi connectivity index (χ0n) is 40.5. The van der Waals surface area contributed by atoms with Crippen LogP contribution in [0.1, 0.15) is 95.8 Å². The minimum atomic E-state index is -4.73. The zero-order chi connectivity index (χ0) is 48.7. The smallest absolute Gasteiger partial charge is 0.748 e. The van der Waals surface area contributed by atoms with Gasteiger partial charge >= 0.3 is 99.3 Å². The van der Waals surface area contributed by atoms with Gasteiger partial charge in [0.05, 0.1) is 25.1 Å². The summed E-state index contributed by atoms with van der Waals surface area (Å²) in [7, 11) is -16.5. The molecule has 0 N–H and O–H groups in total. The number of benzene rings is 3. The summed E-state index contributed by atoms with van der Waals surface area (Å²) in [6.07, 6.45) is 13.3. The van der Waals surface area contributed by atoms with Crippen LogP contribution in [0.4, 0.5) is 11.4 Å². The largest absolute Gasteiger partial charge is 1.00 e. The molecule has 3 aliphatic heterocycles. The molecule has 0 radical (unpaired) electrons. The van der Waals surface area contributed by atoms with Crippen LogP contribution in [0, 0.1) is 12.0 Å². The average molecular weight is 1060 g/mol. The molecule has 1 atom stereocenters. The summed E-state index contributed by atoms with van der Waals surface area (Å²) in [6, 6.07) is 21.6. The Morgan fingerprint density at radius 3 is 2.10 bits per heavy atom. The van der Waals surface area contributed by atoms with Gasteiger partial charge < -0.3 is 23.3 Å². The molecule has 3 aromatic rings. The van der Waals surface area contributed by atoms with E-state index in [9.17, 15) is 38.9 Å². The Labute approximate surface area is 479 Å². The van der Waals surface area contributed by atoms with Crippen molar-refractivity contribution in [3.8, 4) is 5.75 Å². The van der Waals surface area contributed by atoms with Crippen molar-refractivity contribution >= 4 is 63.6 Å². The summed E-state index contributed by atoms with van der Waals surface area (Å²) < 4.78 is 139. The van der Waals surface area contributed by atoms with Gasteiger partial charge in [0.1, 0.15) is 33.9 Å². The van der Waals surface area contributed by atoms with Crippen LogP contribution in [0.3, 0.4) is 0 Å². The molecule has 22 heteroatoms. The molecule has 8 rings (SSSR count). The van der Waals surface area contributed by atoms with E-state index >= 15 is 0 Å². The molecule has 15 nitrogen and oxygen atoms in total. The molecule has 0 bridgehead atoms. The fourth-order valence-corrected chi connectivity index (χ4v) is 11.7. The molecular weight excluding hydrogens is 1010 g/mol. The van der Waals surface area contributed by atoms with Crippen LogP contribution >= 0.6 is 0 Å². The number of hydrogen-bond acceptors (Lipinski definition) is 14. The third-order valence-corrected chi connectivity index (χ3v) is 15.7. The molecule has 1 unspecified atom stereocenters. The second-order valence-electron chi connectivity index (χ2n) is 18.2. The molecular formula is C48H51N2Na3O13S4. The summed E-state index contributed by atoms with van der Waals surface area (Å²) in [6.45, 7) is 9.21. The Hall–Kier alpha value is -2.02. The molecule has 2 aliphatic carbocycles. The van der Waals surface area contributed by atoms with Gasteiger partial charge in [-0.15, -0.1) is 18.7 Å². The first-order chi connectivity index (χ1) is 31.4. The number of fused-ring (bicyclic) bond motifs is 4. The number of unbranched alkanes of at least 4 members (excludes halogenated alkanes) is 2. The Bertz CT molecular complexity index is 3170. The first-order valence-corrected chi connectivity index (χ1v) is 27.5. The van der Waals surface area contributed by atoms with Crippen molar-refractivity contribution < 1.29 is 150 Å². The number of nitrogens with zero attached hydrogens (tertiary/aromatic N) is 2. The molecule has 358 valence electrons. The van der Waals surface area contributed by atoms with Crippen LogP contribution in [-0.4, -0.2) is 86.4 Å². The van der Waals surface area contributed by atoms with E-state index in [2.05, 4.69) is 48.8 Å². The van der Waals surface area contributed by atoms with E-state index in [4.69, 9.17) is 17.4 Å². The van der Waals surface area contributed by atoms with Gasteiger partial charge in [0.15, 0.2) is 5.71 Å². The summed E-state index contributed by atoms with van der Waals surface area (Å²) in [5, 5.41) is 0. The SMILES string of the molecule is CC1(C)C(/C=C/C2=C3C4=C(Oc5ccccc53)/C(=C/C=C3/N(CCCCS(=O)(=O)[O-])c5ccc(S(=O)(=O)[O-])cc5C3(C)C)CCC4CC2)=[N+](CCCCS(=O)(=O)[O-])c2cc[c-]cc21.O=S(=O)=O.[Na+].[Na+].[Na+]. The predicted molar refractivity (Wildman–Crippen MR) is 248 cm³/mol. The Balaban J connectivity index is 0.00000147. The number of anilines is 1. The van der Waals surface area contributed by atoms with Crippen LogP contribution < -0.4 is 98.3 Å². The minimum absolute atomic E-state index is 0. The maximum Gasteiger partial charge on any atom is 1.00 e. The number of hydrogen-bond donors (Lipinski definition) is 0. The molecule has 0 saturated carbocycles. The summed E-state index contributed by atoms with van der Waals surface area (Å²) in [5.41, 5.74) is 9.84. The second-order valence-corrected chi connectivity index (χ2v) is 23.1. The minimum Gasteiger partial charge on any atom is -0.748 e. The normalized spacial score (nSPS) is 19.8. The monoisotopic (exact) mass is 1060 g/mol. The van der Waals surface area contributed by atoms with E-state index in [0.29, 0.717) is 37.2 Å². The summed E-state index contributed by atoms with van der Waals surface area (Å²) >= 11 is 0. The number of ether oxygens (including phenoxy) is 1. The second kappa shape index (κ2) is 24.1. The molecule has 70 heavy (non-hydrogen) atoms. The van der Waals surface area contributed by atoms with Crippen molar-refractivity contribution in [2.75, 3.05) is 29.5 Å². The third kappa shape index (κ3) is 13.6. The molecule has 5 aliphatic rings. The van der Waals surface area contributed by atoms with Gasteiger partial charge in [-0.2, -0.15) is 18.2 Å². The predicted octanol–water partition coefficient (Wildman–Crippen LogP) is -2.11. The molecule has 0 fully saturated rings. The van der Waals surface area contributed by atoms with Gasteiger partial charge in [0.2, 0.25) is 0 Å². The van der Waals surface area contributed by atoms with E-state index in [1.165, 1.54) is 17.7 Å². The van der Waals surface area contributed by atoms with Crippen molar-refractivity contribution in [1.82, 2.24) is 0 Å². The molecule has 0 spiro atoms. The standard InChI is InChI=1S/C48H54N2O10S3.3Na.O3S/c1-47(2)37-14-6-7-15-39(37)49(27-9-11-29-61(51,52)53)42(47)25-21-32-17-18-33-19-20-34(46-45(33)44(32)36-13-5-8-16-41(36)60-46)22-26-43-48(3,4)38-31-35(63(57,58)59)23-24-40(38)50(43)28-10-12-30-62(54,55)56;;;;1-4(2)3/h5,7-8,13-16,21-26,31,33H,9-12,17-20,27-30H2,1-4H3,(H,51,52,53)(H,54,55,56)(H,57,58,59);;;;/q;3*+1;/p-3. The molecule has 0 aromatic heterocycles. The Morgan fingerprint density at radius 2 is 1.44 bits per heavy atom.